The van der Waals surface area contributed by atoms with Gasteiger partial charge in [-0.1, -0.05) is 54.6 Å². The van der Waals surface area contributed by atoms with Crippen molar-refractivity contribution in [3.63, 3.8) is 0 Å². The number of amides is 1. The molecule has 1 amide bonds. The average Bonchev–Trinajstić information content (AvgIpc) is 2.48. The Kier molecular flexibility index (Phi) is 7.29. The normalized spacial score (nSPS) is 13.3. The van der Waals surface area contributed by atoms with Crippen LogP contribution in [0.15, 0.2) is 54.6 Å². The summed E-state index contributed by atoms with van der Waals surface area (Å²) >= 11 is 0. The number of benzene rings is 2. The molecular weight excluding hydrogens is 340 g/mol. The maximum Gasteiger partial charge on any atom is 0.261 e. The fourth-order valence-electron chi connectivity index (χ4n) is 2.12. The molecule has 0 saturated heterocycles. The van der Waals surface area contributed by atoms with Crippen LogP contribution in [0.3, 0.4) is 0 Å². The summed E-state index contributed by atoms with van der Waals surface area (Å²) in [6, 6.07) is 18.5. The van der Waals surface area contributed by atoms with Gasteiger partial charge in [-0.3, -0.25) is 9.35 Å². The van der Waals surface area contributed by atoms with Crippen molar-refractivity contribution >= 4 is 16.0 Å². The van der Waals surface area contributed by atoms with Gasteiger partial charge >= 0.3 is 0 Å². The maximum atomic E-state index is 11.2. The zero-order valence-corrected chi connectivity index (χ0v) is 15.2. The number of hydrogen-bond acceptors (Lipinski definition) is 4. The maximum absolute atomic E-state index is 11.2. The Hall–Kier alpha value is -2.22. The smallest absolute Gasteiger partial charge is 0.261 e. The second-order valence-electron chi connectivity index (χ2n) is 6.17. The Bertz CT molecular complexity index is 778. The molecule has 0 aliphatic carbocycles. The van der Waals surface area contributed by atoms with Crippen LogP contribution in [0.1, 0.15) is 23.6 Å². The highest BCUT2D eigenvalue weighted by Crippen LogP contribution is 2.14. The lowest BCUT2D eigenvalue weighted by molar-refractivity contribution is -0.122. The number of primary amides is 1. The van der Waals surface area contributed by atoms with Crippen LogP contribution < -0.4 is 11.5 Å². The third kappa shape index (κ3) is 8.99. The number of rotatable bonds is 5. The zero-order valence-electron chi connectivity index (χ0n) is 14.3. The van der Waals surface area contributed by atoms with Gasteiger partial charge in [0, 0.05) is 0 Å². The SMILES string of the molecule is CC(N)(Cc1ccc(Cc2ccccc2)cc1)C(N)=O.CS(=O)(=O)O. The van der Waals surface area contributed by atoms with Crippen molar-refractivity contribution in [2.45, 2.75) is 25.3 Å². The molecule has 0 heterocycles. The molecule has 0 aliphatic rings. The summed E-state index contributed by atoms with van der Waals surface area (Å²) in [5.41, 5.74) is 13.7. The van der Waals surface area contributed by atoms with Crippen molar-refractivity contribution in [3.05, 3.63) is 71.3 Å². The third-order valence-corrected chi connectivity index (χ3v) is 3.41. The van der Waals surface area contributed by atoms with Gasteiger partial charge in [-0.25, -0.2) is 0 Å². The molecule has 0 aliphatic heterocycles. The molecule has 0 spiro atoms. The number of hydrogen-bond donors (Lipinski definition) is 3. The summed E-state index contributed by atoms with van der Waals surface area (Å²) in [7, 11) is -3.67. The lowest BCUT2D eigenvalue weighted by atomic mass is 9.92. The summed E-state index contributed by atoms with van der Waals surface area (Å²) in [4.78, 5) is 11.2. The number of nitrogens with two attached hydrogens (primary N) is 2. The van der Waals surface area contributed by atoms with Crippen molar-refractivity contribution in [1.29, 1.82) is 0 Å². The van der Waals surface area contributed by atoms with E-state index in [1.54, 1.807) is 6.92 Å². The van der Waals surface area contributed by atoms with Gasteiger partial charge < -0.3 is 11.5 Å². The molecule has 136 valence electrons. The van der Waals surface area contributed by atoms with Crippen LogP contribution in [0.2, 0.25) is 0 Å². The summed E-state index contributed by atoms with van der Waals surface area (Å²) in [6.45, 7) is 1.66. The summed E-state index contributed by atoms with van der Waals surface area (Å²) in [6.07, 6.45) is 2.07. The first kappa shape index (κ1) is 20.8. The van der Waals surface area contributed by atoms with Crippen LogP contribution in [0.25, 0.3) is 0 Å². The first-order valence-electron chi connectivity index (χ1n) is 7.60. The fourth-order valence-corrected chi connectivity index (χ4v) is 2.12. The first-order chi connectivity index (χ1) is 11.5. The van der Waals surface area contributed by atoms with Crippen molar-refractivity contribution in [2.75, 3.05) is 6.26 Å². The largest absolute Gasteiger partial charge is 0.368 e. The number of carbonyl (C=O) groups excluding carboxylic acids is 1. The molecule has 1 unspecified atom stereocenters. The van der Waals surface area contributed by atoms with E-state index in [4.69, 9.17) is 16.0 Å². The Morgan fingerprint density at radius 2 is 1.40 bits per heavy atom. The van der Waals surface area contributed by atoms with Gasteiger partial charge in [-0.15, -0.1) is 0 Å². The van der Waals surface area contributed by atoms with E-state index in [0.29, 0.717) is 12.7 Å². The Morgan fingerprint density at radius 1 is 1.00 bits per heavy atom. The van der Waals surface area contributed by atoms with E-state index >= 15 is 0 Å². The third-order valence-electron chi connectivity index (χ3n) is 3.41. The minimum absolute atomic E-state index is 0.452. The molecule has 7 heteroatoms. The first-order valence-corrected chi connectivity index (χ1v) is 9.45. The minimum Gasteiger partial charge on any atom is -0.368 e. The van der Waals surface area contributed by atoms with E-state index in [2.05, 4.69) is 24.3 Å². The lowest BCUT2D eigenvalue weighted by Crippen LogP contribution is -2.51. The Balaban J connectivity index is 0.000000550. The van der Waals surface area contributed by atoms with Crippen molar-refractivity contribution in [1.82, 2.24) is 0 Å². The van der Waals surface area contributed by atoms with Gasteiger partial charge in [0.15, 0.2) is 0 Å². The zero-order chi connectivity index (χ0) is 19.1. The van der Waals surface area contributed by atoms with Crippen LogP contribution in [0, 0.1) is 0 Å². The predicted molar refractivity (Wildman–Crippen MR) is 98.7 cm³/mol. The molecule has 2 rings (SSSR count). The molecule has 0 aromatic heterocycles. The molecule has 5 N–H and O–H groups in total. The monoisotopic (exact) mass is 364 g/mol. The minimum atomic E-state index is -3.67. The van der Waals surface area contributed by atoms with E-state index in [1.807, 2.05) is 30.3 Å². The second kappa shape index (κ2) is 8.75. The summed E-state index contributed by atoms with van der Waals surface area (Å²) < 4.78 is 25.9. The van der Waals surface area contributed by atoms with Gasteiger partial charge in [0.2, 0.25) is 5.91 Å². The highest BCUT2D eigenvalue weighted by Gasteiger charge is 2.25. The van der Waals surface area contributed by atoms with Gasteiger partial charge in [0.1, 0.15) is 0 Å². The Labute approximate surface area is 148 Å². The van der Waals surface area contributed by atoms with Crippen LogP contribution in [0.5, 0.6) is 0 Å². The van der Waals surface area contributed by atoms with Crippen molar-refractivity contribution in [3.8, 4) is 0 Å². The topological polar surface area (TPSA) is 123 Å². The summed E-state index contributed by atoms with van der Waals surface area (Å²) in [5.74, 6) is -0.481. The van der Waals surface area contributed by atoms with Crippen molar-refractivity contribution in [2.24, 2.45) is 11.5 Å². The van der Waals surface area contributed by atoms with E-state index in [9.17, 15) is 13.2 Å². The van der Waals surface area contributed by atoms with Crippen LogP contribution in [0.4, 0.5) is 0 Å². The van der Waals surface area contributed by atoms with Gasteiger partial charge in [0.25, 0.3) is 10.1 Å². The van der Waals surface area contributed by atoms with E-state index in [-0.39, 0.29) is 0 Å². The van der Waals surface area contributed by atoms with Gasteiger partial charge in [0.05, 0.1) is 11.8 Å². The van der Waals surface area contributed by atoms with Crippen LogP contribution >= 0.6 is 0 Å². The molecule has 2 aromatic rings. The molecule has 25 heavy (non-hydrogen) atoms. The van der Waals surface area contributed by atoms with E-state index in [1.165, 1.54) is 11.1 Å². The lowest BCUT2D eigenvalue weighted by Gasteiger charge is -2.20. The highest BCUT2D eigenvalue weighted by atomic mass is 32.2. The quantitative estimate of drug-likeness (QED) is 0.694. The van der Waals surface area contributed by atoms with E-state index < -0.39 is 21.6 Å². The fraction of sp³-hybridized carbons (Fsp3) is 0.278. The standard InChI is InChI=1S/C17H20N2O.CH4O3S/c1-17(19,16(18)20)12-15-9-7-14(8-10-15)11-13-5-3-2-4-6-13;1-5(2,3)4/h2-10H,11-12,19H2,1H3,(H2,18,20);1H3,(H,2,3,4). The average molecular weight is 364 g/mol. The molecule has 0 radical (unpaired) electrons. The summed E-state index contributed by atoms with van der Waals surface area (Å²) in [5, 5.41) is 0. The van der Waals surface area contributed by atoms with E-state index in [0.717, 1.165) is 12.0 Å². The molecule has 2 aromatic carbocycles. The van der Waals surface area contributed by atoms with Crippen LogP contribution in [-0.2, 0) is 27.8 Å². The van der Waals surface area contributed by atoms with Crippen LogP contribution in [-0.4, -0.2) is 30.7 Å². The van der Waals surface area contributed by atoms with Gasteiger partial charge in [-0.2, -0.15) is 8.42 Å². The number of carbonyl (C=O) groups is 1. The van der Waals surface area contributed by atoms with Gasteiger partial charge in [-0.05, 0) is 36.5 Å². The molecule has 0 bridgehead atoms. The second-order valence-corrected chi connectivity index (χ2v) is 7.64. The Morgan fingerprint density at radius 3 is 1.84 bits per heavy atom. The van der Waals surface area contributed by atoms with Crippen molar-refractivity contribution < 1.29 is 17.8 Å². The molecule has 6 nitrogen and oxygen atoms in total. The molecular formula is C18H24N2O4S. The highest BCUT2D eigenvalue weighted by molar-refractivity contribution is 7.85. The molecule has 0 saturated carbocycles. The predicted octanol–water partition coefficient (Wildman–Crippen LogP) is 1.53. The molecule has 1 atom stereocenters. The molecule has 0 fully saturated rings.